The third-order valence-corrected chi connectivity index (χ3v) is 4.07. The van der Waals surface area contributed by atoms with Gasteiger partial charge in [-0.2, -0.15) is 0 Å². The second-order valence-corrected chi connectivity index (χ2v) is 5.99. The number of nitrogens with zero attached hydrogens (tertiary/aromatic N) is 1. The molecule has 0 radical (unpaired) electrons. The summed E-state index contributed by atoms with van der Waals surface area (Å²) >= 11 is 6.02. The first-order valence-electron chi connectivity index (χ1n) is 6.93. The van der Waals surface area contributed by atoms with Crippen LogP contribution >= 0.6 is 11.6 Å². The molecular weight excluding hydrogens is 276 g/mol. The minimum Gasteiger partial charge on any atom is -0.387 e. The van der Waals surface area contributed by atoms with Crippen LogP contribution in [0.3, 0.4) is 0 Å². The Morgan fingerprint density at radius 2 is 2.20 bits per heavy atom. The van der Waals surface area contributed by atoms with Crippen LogP contribution in [0, 0.1) is 6.92 Å². The van der Waals surface area contributed by atoms with Crippen LogP contribution in [0.25, 0.3) is 0 Å². The molecule has 1 heterocycles. The number of carbonyl (C=O) groups is 1. The van der Waals surface area contributed by atoms with Crippen molar-refractivity contribution >= 4 is 23.2 Å². The number of rotatable bonds is 5. The lowest BCUT2D eigenvalue weighted by molar-refractivity contribution is -0.129. The lowest BCUT2D eigenvalue weighted by Gasteiger charge is -2.46. The Kier molecular flexibility index (Phi) is 4.68. The van der Waals surface area contributed by atoms with Gasteiger partial charge in [0, 0.05) is 23.8 Å². The molecule has 2 rings (SSSR count). The average molecular weight is 297 g/mol. The summed E-state index contributed by atoms with van der Waals surface area (Å²) in [6.07, 6.45) is 1.75. The molecule has 0 bridgehead atoms. The van der Waals surface area contributed by atoms with E-state index in [0.717, 1.165) is 24.1 Å². The van der Waals surface area contributed by atoms with E-state index in [-0.39, 0.29) is 5.91 Å². The molecule has 0 spiro atoms. The summed E-state index contributed by atoms with van der Waals surface area (Å²) in [7, 11) is 0. The molecule has 2 N–H and O–H groups in total. The van der Waals surface area contributed by atoms with Crippen LogP contribution in [0.4, 0.5) is 5.69 Å². The Labute approximate surface area is 124 Å². The molecule has 1 aromatic carbocycles. The highest BCUT2D eigenvalue weighted by Gasteiger charge is 2.40. The predicted octanol–water partition coefficient (Wildman–Crippen LogP) is 2.43. The Balaban J connectivity index is 1.84. The molecule has 1 aliphatic heterocycles. The van der Waals surface area contributed by atoms with Crippen molar-refractivity contribution < 1.29 is 9.90 Å². The zero-order chi connectivity index (χ0) is 14.8. The number of benzene rings is 1. The zero-order valence-electron chi connectivity index (χ0n) is 11.9. The highest BCUT2D eigenvalue weighted by atomic mass is 35.5. The molecule has 1 fully saturated rings. The average Bonchev–Trinajstić information content (AvgIpc) is 2.33. The monoisotopic (exact) mass is 296 g/mol. The summed E-state index contributed by atoms with van der Waals surface area (Å²) in [5.41, 5.74) is 1.02. The number of hydrogen-bond donors (Lipinski definition) is 2. The second-order valence-electron chi connectivity index (χ2n) is 5.58. The Hall–Kier alpha value is -1.10. The molecule has 1 aromatic rings. The topological polar surface area (TPSA) is 52.6 Å². The van der Waals surface area contributed by atoms with E-state index in [0.29, 0.717) is 24.7 Å². The molecule has 0 atom stereocenters. The maximum absolute atomic E-state index is 12.0. The summed E-state index contributed by atoms with van der Waals surface area (Å²) in [6.45, 7) is 5.38. The maximum atomic E-state index is 12.0. The third-order valence-electron chi connectivity index (χ3n) is 3.66. The summed E-state index contributed by atoms with van der Waals surface area (Å²) < 4.78 is 0. The summed E-state index contributed by atoms with van der Waals surface area (Å²) in [6, 6.07) is 5.45. The van der Waals surface area contributed by atoms with Gasteiger partial charge in [-0.25, -0.2) is 0 Å². The van der Waals surface area contributed by atoms with E-state index >= 15 is 0 Å². The van der Waals surface area contributed by atoms with Gasteiger partial charge in [-0.05, 0) is 31.0 Å². The fraction of sp³-hybridized carbons (Fsp3) is 0.533. The number of anilines is 1. The lowest BCUT2D eigenvalue weighted by atomic mass is 9.89. The lowest BCUT2D eigenvalue weighted by Crippen LogP contribution is -2.62. The first-order chi connectivity index (χ1) is 9.43. The number of amides is 1. The van der Waals surface area contributed by atoms with E-state index in [1.165, 1.54) is 0 Å². The van der Waals surface area contributed by atoms with Gasteiger partial charge in [0.05, 0.1) is 12.1 Å². The number of carbonyl (C=O) groups excluding carboxylic acids is 1. The van der Waals surface area contributed by atoms with Gasteiger partial charge >= 0.3 is 0 Å². The molecule has 1 amide bonds. The largest absolute Gasteiger partial charge is 0.387 e. The van der Waals surface area contributed by atoms with Crippen LogP contribution in [-0.4, -0.2) is 41.1 Å². The fourth-order valence-electron chi connectivity index (χ4n) is 2.66. The number of β-amino-alcohol motifs (C(OH)–C–C–N with tert-alkyl or cyclic N) is 1. The number of hydrogen-bond acceptors (Lipinski definition) is 3. The summed E-state index contributed by atoms with van der Waals surface area (Å²) in [4.78, 5) is 13.9. The fourth-order valence-corrected chi connectivity index (χ4v) is 2.83. The predicted molar refractivity (Wildman–Crippen MR) is 81.1 cm³/mol. The van der Waals surface area contributed by atoms with Crippen LogP contribution in [0.1, 0.15) is 25.3 Å². The zero-order valence-corrected chi connectivity index (χ0v) is 12.7. The van der Waals surface area contributed by atoms with E-state index < -0.39 is 5.60 Å². The van der Waals surface area contributed by atoms with Crippen LogP contribution in [0.2, 0.25) is 5.02 Å². The molecule has 5 heteroatoms. The van der Waals surface area contributed by atoms with Crippen molar-refractivity contribution in [2.75, 3.05) is 25.0 Å². The number of halogens is 1. The molecule has 1 aliphatic rings. The van der Waals surface area contributed by atoms with Gasteiger partial charge in [0.25, 0.3) is 0 Å². The molecule has 110 valence electrons. The number of nitrogens with one attached hydrogen (secondary N) is 1. The van der Waals surface area contributed by atoms with Crippen LogP contribution in [0.5, 0.6) is 0 Å². The van der Waals surface area contributed by atoms with Crippen molar-refractivity contribution in [3.05, 3.63) is 28.8 Å². The van der Waals surface area contributed by atoms with Gasteiger partial charge < -0.3 is 10.4 Å². The van der Waals surface area contributed by atoms with E-state index in [1.807, 2.05) is 24.0 Å². The third kappa shape index (κ3) is 3.51. The smallest absolute Gasteiger partial charge is 0.238 e. The van der Waals surface area contributed by atoms with Crippen LogP contribution < -0.4 is 5.32 Å². The Morgan fingerprint density at radius 1 is 1.50 bits per heavy atom. The number of likely N-dealkylation sites (tertiary alicyclic amines) is 1. The summed E-state index contributed by atoms with van der Waals surface area (Å²) in [5, 5.41) is 13.6. The molecule has 4 nitrogen and oxygen atoms in total. The van der Waals surface area contributed by atoms with E-state index in [4.69, 9.17) is 11.6 Å². The van der Waals surface area contributed by atoms with Gasteiger partial charge in [0.15, 0.2) is 0 Å². The van der Waals surface area contributed by atoms with Crippen molar-refractivity contribution in [2.45, 2.75) is 32.3 Å². The van der Waals surface area contributed by atoms with Crippen molar-refractivity contribution in [3.63, 3.8) is 0 Å². The normalized spacial score (nSPS) is 17.6. The molecular formula is C15H21ClN2O2. The minimum atomic E-state index is -0.596. The SMILES string of the molecule is CCCC1(O)CN(CC(=O)Nc2cccc(Cl)c2C)C1. The highest BCUT2D eigenvalue weighted by molar-refractivity contribution is 6.31. The second kappa shape index (κ2) is 6.12. The van der Waals surface area contributed by atoms with Crippen LogP contribution in [-0.2, 0) is 4.79 Å². The maximum Gasteiger partial charge on any atom is 0.238 e. The molecule has 0 saturated carbocycles. The quantitative estimate of drug-likeness (QED) is 0.877. The first kappa shape index (κ1) is 15.3. The van der Waals surface area contributed by atoms with Crippen molar-refractivity contribution in [2.24, 2.45) is 0 Å². The van der Waals surface area contributed by atoms with Gasteiger partial charge in [0.1, 0.15) is 0 Å². The van der Waals surface area contributed by atoms with Gasteiger partial charge in [-0.3, -0.25) is 9.69 Å². The van der Waals surface area contributed by atoms with E-state index in [2.05, 4.69) is 12.2 Å². The van der Waals surface area contributed by atoms with Gasteiger partial charge in [0.2, 0.25) is 5.91 Å². The summed E-state index contributed by atoms with van der Waals surface area (Å²) in [5.74, 6) is -0.0751. The van der Waals surface area contributed by atoms with Gasteiger partial charge in [-0.15, -0.1) is 0 Å². The first-order valence-corrected chi connectivity index (χ1v) is 7.31. The molecule has 1 saturated heterocycles. The van der Waals surface area contributed by atoms with Crippen molar-refractivity contribution in [1.82, 2.24) is 4.90 Å². The van der Waals surface area contributed by atoms with E-state index in [9.17, 15) is 9.90 Å². The van der Waals surface area contributed by atoms with Crippen LogP contribution in [0.15, 0.2) is 18.2 Å². The molecule has 0 aliphatic carbocycles. The Morgan fingerprint density at radius 3 is 2.85 bits per heavy atom. The Bertz CT molecular complexity index is 499. The van der Waals surface area contributed by atoms with E-state index in [1.54, 1.807) is 6.07 Å². The number of aliphatic hydroxyl groups is 1. The highest BCUT2D eigenvalue weighted by Crippen LogP contribution is 2.26. The minimum absolute atomic E-state index is 0.0751. The molecule has 20 heavy (non-hydrogen) atoms. The standard InChI is InChI=1S/C15H21ClN2O2/c1-3-7-15(20)9-18(10-15)8-14(19)17-13-6-4-5-12(16)11(13)2/h4-6,20H,3,7-10H2,1-2H3,(H,17,19). The molecule has 0 unspecified atom stereocenters. The van der Waals surface area contributed by atoms with Crippen molar-refractivity contribution in [3.8, 4) is 0 Å². The molecule has 0 aromatic heterocycles. The van der Waals surface area contributed by atoms with Gasteiger partial charge in [-0.1, -0.05) is 31.0 Å². The van der Waals surface area contributed by atoms with Crippen molar-refractivity contribution in [1.29, 1.82) is 0 Å².